The summed E-state index contributed by atoms with van der Waals surface area (Å²) in [6.07, 6.45) is 1.64. The SMILES string of the molecule is Cc1cc(NS(=O)c2ccc(C#N)s2)c2[nH]cc(C#N)c2c1. The molecule has 1 unspecified atom stereocenters. The first-order valence-electron chi connectivity index (χ1n) is 6.32. The summed E-state index contributed by atoms with van der Waals surface area (Å²) >= 11 is 1.19. The van der Waals surface area contributed by atoms with Crippen molar-refractivity contribution < 1.29 is 4.21 Å². The Morgan fingerprint density at radius 1 is 1.27 bits per heavy atom. The minimum Gasteiger partial charge on any atom is -0.358 e. The van der Waals surface area contributed by atoms with Crippen LogP contribution >= 0.6 is 11.3 Å². The van der Waals surface area contributed by atoms with E-state index >= 15 is 0 Å². The number of nitrogens with one attached hydrogen (secondary N) is 2. The smallest absolute Gasteiger partial charge is 0.160 e. The van der Waals surface area contributed by atoms with Gasteiger partial charge in [-0.3, -0.25) is 4.72 Å². The average molecular weight is 326 g/mol. The molecule has 2 N–H and O–H groups in total. The number of thiophene rings is 1. The van der Waals surface area contributed by atoms with Crippen molar-refractivity contribution in [1.82, 2.24) is 4.98 Å². The van der Waals surface area contributed by atoms with Gasteiger partial charge >= 0.3 is 0 Å². The van der Waals surface area contributed by atoms with E-state index in [9.17, 15) is 4.21 Å². The summed E-state index contributed by atoms with van der Waals surface area (Å²) in [5, 5.41) is 18.7. The summed E-state index contributed by atoms with van der Waals surface area (Å²) in [6, 6.07) is 11.3. The van der Waals surface area contributed by atoms with Crippen LogP contribution in [0.1, 0.15) is 16.0 Å². The molecule has 0 saturated carbocycles. The van der Waals surface area contributed by atoms with Gasteiger partial charge in [-0.25, -0.2) is 4.21 Å². The van der Waals surface area contributed by atoms with Crippen molar-refractivity contribution in [3.8, 4) is 12.1 Å². The molecule has 0 aliphatic heterocycles. The molecule has 0 saturated heterocycles. The maximum Gasteiger partial charge on any atom is 0.160 e. The number of H-pyrrole nitrogens is 1. The lowest BCUT2D eigenvalue weighted by Gasteiger charge is -2.07. The van der Waals surface area contributed by atoms with Crippen LogP contribution in [-0.2, 0) is 11.0 Å². The molecule has 108 valence electrons. The second-order valence-electron chi connectivity index (χ2n) is 4.65. The highest BCUT2D eigenvalue weighted by atomic mass is 32.2. The third-order valence-corrected chi connectivity index (χ3v) is 5.53. The first kappa shape index (κ1) is 14.3. The van der Waals surface area contributed by atoms with E-state index in [1.807, 2.05) is 25.1 Å². The van der Waals surface area contributed by atoms with Gasteiger partial charge < -0.3 is 4.98 Å². The van der Waals surface area contributed by atoms with Crippen molar-refractivity contribution >= 4 is 38.9 Å². The first-order chi connectivity index (χ1) is 10.6. The van der Waals surface area contributed by atoms with Crippen LogP contribution < -0.4 is 4.72 Å². The van der Waals surface area contributed by atoms with Crippen LogP contribution in [-0.4, -0.2) is 9.19 Å². The number of anilines is 1. The number of hydrogen-bond donors (Lipinski definition) is 2. The van der Waals surface area contributed by atoms with E-state index in [2.05, 4.69) is 15.8 Å². The van der Waals surface area contributed by atoms with E-state index in [1.165, 1.54) is 11.3 Å². The fourth-order valence-electron chi connectivity index (χ4n) is 2.18. The van der Waals surface area contributed by atoms with Gasteiger partial charge in [-0.1, -0.05) is 0 Å². The molecular weight excluding hydrogens is 316 g/mol. The van der Waals surface area contributed by atoms with Gasteiger partial charge in [0.05, 0.1) is 16.8 Å². The van der Waals surface area contributed by atoms with Crippen molar-refractivity contribution in [2.75, 3.05) is 4.72 Å². The van der Waals surface area contributed by atoms with Gasteiger partial charge in [0.1, 0.15) is 21.2 Å². The molecule has 3 rings (SSSR count). The molecule has 0 fully saturated rings. The number of rotatable bonds is 3. The Bertz CT molecular complexity index is 972. The monoisotopic (exact) mass is 326 g/mol. The largest absolute Gasteiger partial charge is 0.358 e. The molecule has 0 aliphatic carbocycles. The first-order valence-corrected chi connectivity index (χ1v) is 8.29. The molecule has 0 amide bonds. The zero-order valence-electron chi connectivity index (χ0n) is 11.5. The number of aryl methyl sites for hydroxylation is 1. The maximum atomic E-state index is 12.4. The second-order valence-corrected chi connectivity index (χ2v) is 7.17. The molecule has 0 bridgehead atoms. The van der Waals surface area contributed by atoms with Gasteiger partial charge in [0.2, 0.25) is 0 Å². The highest BCUT2D eigenvalue weighted by Crippen LogP contribution is 2.29. The van der Waals surface area contributed by atoms with Gasteiger partial charge in [-0.05, 0) is 36.8 Å². The Balaban J connectivity index is 2.00. The third kappa shape index (κ3) is 2.48. The second kappa shape index (κ2) is 5.64. The fourth-order valence-corrected chi connectivity index (χ4v) is 4.06. The van der Waals surface area contributed by atoms with Crippen LogP contribution in [0.3, 0.4) is 0 Å². The van der Waals surface area contributed by atoms with E-state index in [0.29, 0.717) is 20.3 Å². The number of benzene rings is 1. The number of aromatic amines is 1. The van der Waals surface area contributed by atoms with Crippen LogP contribution in [0.4, 0.5) is 5.69 Å². The van der Waals surface area contributed by atoms with Crippen LogP contribution in [0, 0.1) is 29.6 Å². The van der Waals surface area contributed by atoms with E-state index in [0.717, 1.165) is 16.5 Å². The Hall–Kier alpha value is -2.61. The van der Waals surface area contributed by atoms with Crippen molar-refractivity contribution in [2.24, 2.45) is 0 Å². The molecular formula is C15H10N4OS2. The summed E-state index contributed by atoms with van der Waals surface area (Å²) in [4.78, 5) is 3.56. The van der Waals surface area contributed by atoms with Gasteiger partial charge in [-0.2, -0.15) is 10.5 Å². The Morgan fingerprint density at radius 3 is 2.77 bits per heavy atom. The van der Waals surface area contributed by atoms with Crippen molar-refractivity contribution in [3.05, 3.63) is 46.5 Å². The maximum absolute atomic E-state index is 12.4. The summed E-state index contributed by atoms with van der Waals surface area (Å²) in [7, 11) is -1.46. The predicted molar refractivity (Wildman–Crippen MR) is 86.8 cm³/mol. The molecule has 2 heterocycles. The fraction of sp³-hybridized carbons (Fsp3) is 0.0667. The number of nitriles is 2. The lowest BCUT2D eigenvalue weighted by Crippen LogP contribution is -2.03. The average Bonchev–Trinajstić information content (AvgIpc) is 3.13. The van der Waals surface area contributed by atoms with Crippen LogP contribution in [0.25, 0.3) is 10.9 Å². The van der Waals surface area contributed by atoms with E-state index in [-0.39, 0.29) is 0 Å². The van der Waals surface area contributed by atoms with Gasteiger partial charge in [0.15, 0.2) is 11.0 Å². The zero-order valence-corrected chi connectivity index (χ0v) is 13.1. The minimum atomic E-state index is -1.46. The summed E-state index contributed by atoms with van der Waals surface area (Å²) in [5.74, 6) is 0. The quantitative estimate of drug-likeness (QED) is 0.772. The van der Waals surface area contributed by atoms with Crippen LogP contribution in [0.2, 0.25) is 0 Å². The third-order valence-electron chi connectivity index (χ3n) is 3.13. The van der Waals surface area contributed by atoms with Gasteiger partial charge in [0, 0.05) is 11.6 Å². The number of nitrogens with zero attached hydrogens (tertiary/aromatic N) is 2. The lowest BCUT2D eigenvalue weighted by molar-refractivity contribution is 0.687. The van der Waals surface area contributed by atoms with Gasteiger partial charge in [-0.15, -0.1) is 11.3 Å². The Labute approximate surface area is 133 Å². The normalized spacial score (nSPS) is 11.8. The van der Waals surface area contributed by atoms with E-state index in [4.69, 9.17) is 10.5 Å². The van der Waals surface area contributed by atoms with Crippen LogP contribution in [0.5, 0.6) is 0 Å². The molecule has 1 aromatic carbocycles. The molecule has 1 atom stereocenters. The number of aromatic nitrogens is 1. The Morgan fingerprint density at radius 2 is 2.09 bits per heavy atom. The molecule has 22 heavy (non-hydrogen) atoms. The van der Waals surface area contributed by atoms with Crippen LogP contribution in [0.15, 0.2) is 34.7 Å². The predicted octanol–water partition coefficient (Wildman–Crippen LogP) is 3.42. The number of fused-ring (bicyclic) bond motifs is 1. The highest BCUT2D eigenvalue weighted by Gasteiger charge is 2.13. The molecule has 7 heteroatoms. The Kier molecular flexibility index (Phi) is 3.68. The zero-order chi connectivity index (χ0) is 15.7. The summed E-state index contributed by atoms with van der Waals surface area (Å²) in [6.45, 7) is 1.92. The van der Waals surface area contributed by atoms with Gasteiger partial charge in [0.25, 0.3) is 0 Å². The van der Waals surface area contributed by atoms with Crippen molar-refractivity contribution in [3.63, 3.8) is 0 Å². The molecule has 2 aromatic heterocycles. The minimum absolute atomic E-state index is 0.520. The summed E-state index contributed by atoms with van der Waals surface area (Å²) in [5.41, 5.74) is 2.93. The molecule has 0 radical (unpaired) electrons. The van der Waals surface area contributed by atoms with E-state index in [1.54, 1.807) is 18.3 Å². The topological polar surface area (TPSA) is 92.5 Å². The molecule has 0 aliphatic rings. The summed E-state index contributed by atoms with van der Waals surface area (Å²) < 4.78 is 15.9. The van der Waals surface area contributed by atoms with E-state index < -0.39 is 11.0 Å². The standard InChI is InChI=1S/C15H10N4OS2/c1-9-4-12-10(6-16)8-18-15(12)13(5-9)19-22(20)14-3-2-11(7-17)21-14/h2-5,8,18-19H,1H3. The molecule has 0 spiro atoms. The molecule has 3 aromatic rings. The molecule has 5 nitrogen and oxygen atoms in total. The number of hydrogen-bond acceptors (Lipinski definition) is 4. The lowest BCUT2D eigenvalue weighted by atomic mass is 10.1. The van der Waals surface area contributed by atoms with Crippen molar-refractivity contribution in [1.29, 1.82) is 10.5 Å². The highest BCUT2D eigenvalue weighted by molar-refractivity contribution is 7.88. The van der Waals surface area contributed by atoms with Crippen molar-refractivity contribution in [2.45, 2.75) is 11.1 Å².